The number of carbonyl (C=O) groups excluding carboxylic acids is 1. The molecule has 0 saturated carbocycles. The molecule has 1 aromatic rings. The third kappa shape index (κ3) is 3.68. The lowest BCUT2D eigenvalue weighted by atomic mass is 10.3. The second-order valence-corrected chi connectivity index (χ2v) is 5.05. The van der Waals surface area contributed by atoms with E-state index in [2.05, 4.69) is 5.32 Å². The van der Waals surface area contributed by atoms with Gasteiger partial charge < -0.3 is 9.73 Å². The summed E-state index contributed by atoms with van der Waals surface area (Å²) in [5.74, 6) is 0.105. The summed E-state index contributed by atoms with van der Waals surface area (Å²) in [6.45, 7) is 1.79. The minimum atomic E-state index is -0.935. The molecule has 2 atom stereocenters. The molecule has 0 aromatic carbocycles. The van der Waals surface area contributed by atoms with Crippen LogP contribution < -0.4 is 5.32 Å². The molecule has 2 unspecified atom stereocenters. The Bertz CT molecular complexity index is 377. The van der Waals surface area contributed by atoms with Crippen LogP contribution in [0.5, 0.6) is 0 Å². The Labute approximate surface area is 95.4 Å². The van der Waals surface area contributed by atoms with E-state index in [-0.39, 0.29) is 17.2 Å². The van der Waals surface area contributed by atoms with E-state index < -0.39 is 10.8 Å². The Hall–Kier alpha value is -0.810. The molecule has 1 heterocycles. The van der Waals surface area contributed by atoms with Gasteiger partial charge in [-0.15, -0.1) is 0 Å². The van der Waals surface area contributed by atoms with Crippen LogP contribution in [0.4, 0.5) is 0 Å². The van der Waals surface area contributed by atoms with Gasteiger partial charge in [-0.3, -0.25) is 9.00 Å². The molecule has 15 heavy (non-hydrogen) atoms. The van der Waals surface area contributed by atoms with Crippen LogP contribution in [0.25, 0.3) is 0 Å². The molecule has 0 aliphatic heterocycles. The molecule has 0 fully saturated rings. The highest BCUT2D eigenvalue weighted by molar-refractivity contribution is 7.84. The van der Waals surface area contributed by atoms with Crippen molar-refractivity contribution >= 4 is 28.3 Å². The lowest BCUT2D eigenvalue weighted by Gasteiger charge is -2.11. The fourth-order valence-corrected chi connectivity index (χ4v) is 2.14. The maximum Gasteiger partial charge on any atom is 0.256 e. The van der Waals surface area contributed by atoms with E-state index in [1.54, 1.807) is 13.2 Å². The van der Waals surface area contributed by atoms with Gasteiger partial charge in [0.2, 0.25) is 5.22 Å². The molecule has 84 valence electrons. The quantitative estimate of drug-likeness (QED) is 0.878. The van der Waals surface area contributed by atoms with Crippen molar-refractivity contribution in [1.29, 1.82) is 0 Å². The van der Waals surface area contributed by atoms with Gasteiger partial charge in [-0.2, -0.15) is 0 Å². The second-order valence-electron chi connectivity index (χ2n) is 3.22. The van der Waals surface area contributed by atoms with E-state index >= 15 is 0 Å². The zero-order valence-corrected chi connectivity index (χ0v) is 10.0. The van der Waals surface area contributed by atoms with Gasteiger partial charge in [-0.1, -0.05) is 0 Å². The fraction of sp³-hybridized carbons (Fsp3) is 0.444. The molecular formula is C9H12ClNO3S. The number of hydrogen-bond donors (Lipinski definition) is 1. The van der Waals surface area contributed by atoms with Crippen molar-refractivity contribution in [2.24, 2.45) is 0 Å². The maximum atomic E-state index is 11.6. The molecule has 1 amide bonds. The van der Waals surface area contributed by atoms with Crippen molar-refractivity contribution in [3.63, 3.8) is 0 Å². The van der Waals surface area contributed by atoms with E-state index in [9.17, 15) is 9.00 Å². The third-order valence-electron chi connectivity index (χ3n) is 1.72. The first-order valence-corrected chi connectivity index (χ1v) is 6.45. The van der Waals surface area contributed by atoms with E-state index in [1.807, 2.05) is 0 Å². The smallest absolute Gasteiger partial charge is 0.256 e. The number of carbonyl (C=O) groups is 1. The SMILES string of the molecule is CC(CS(C)=O)NC(=O)c1ccoc1Cl. The largest absolute Gasteiger partial charge is 0.452 e. The minimum Gasteiger partial charge on any atom is -0.452 e. The molecule has 0 radical (unpaired) electrons. The number of halogens is 1. The minimum absolute atomic E-state index is 0.0670. The van der Waals surface area contributed by atoms with E-state index in [0.29, 0.717) is 11.3 Å². The summed E-state index contributed by atoms with van der Waals surface area (Å²) in [5.41, 5.74) is 0.297. The first-order chi connectivity index (χ1) is 7.00. The summed E-state index contributed by atoms with van der Waals surface area (Å²) in [6, 6.07) is 1.34. The Morgan fingerprint density at radius 1 is 1.73 bits per heavy atom. The van der Waals surface area contributed by atoms with Crippen LogP contribution in [0.1, 0.15) is 17.3 Å². The third-order valence-corrected chi connectivity index (χ3v) is 2.99. The number of hydrogen-bond acceptors (Lipinski definition) is 3. The summed E-state index contributed by atoms with van der Waals surface area (Å²) < 4.78 is 15.7. The van der Waals surface area contributed by atoms with Crippen LogP contribution in [-0.2, 0) is 10.8 Å². The number of nitrogens with one attached hydrogen (secondary N) is 1. The molecule has 1 aromatic heterocycles. The molecule has 0 aliphatic carbocycles. The lowest BCUT2D eigenvalue weighted by Crippen LogP contribution is -2.36. The Balaban J connectivity index is 2.56. The number of rotatable bonds is 4. The Kier molecular flexibility index (Phi) is 4.35. The van der Waals surface area contributed by atoms with Gasteiger partial charge in [0, 0.05) is 28.9 Å². The number of furan rings is 1. The molecule has 6 heteroatoms. The number of amides is 1. The molecule has 1 N–H and O–H groups in total. The van der Waals surface area contributed by atoms with Crippen molar-refractivity contribution in [3.05, 3.63) is 23.1 Å². The summed E-state index contributed by atoms with van der Waals surface area (Å²) in [5, 5.41) is 2.74. The van der Waals surface area contributed by atoms with Crippen LogP contribution >= 0.6 is 11.6 Å². The van der Waals surface area contributed by atoms with Crippen molar-refractivity contribution in [2.45, 2.75) is 13.0 Å². The van der Waals surface area contributed by atoms with Crippen LogP contribution in [0.2, 0.25) is 5.22 Å². The molecule has 4 nitrogen and oxygen atoms in total. The van der Waals surface area contributed by atoms with Crippen LogP contribution in [-0.4, -0.2) is 28.2 Å². The molecule has 0 aliphatic rings. The van der Waals surface area contributed by atoms with Gasteiger partial charge >= 0.3 is 0 Å². The highest BCUT2D eigenvalue weighted by Crippen LogP contribution is 2.16. The van der Waals surface area contributed by atoms with Crippen LogP contribution in [0.3, 0.4) is 0 Å². The predicted molar refractivity (Wildman–Crippen MR) is 59.6 cm³/mol. The lowest BCUT2D eigenvalue weighted by molar-refractivity contribution is 0.0943. The first kappa shape index (κ1) is 12.3. The van der Waals surface area contributed by atoms with Gasteiger partial charge in [-0.05, 0) is 24.6 Å². The molecule has 1 rings (SSSR count). The Morgan fingerprint density at radius 2 is 2.40 bits per heavy atom. The predicted octanol–water partition coefficient (Wildman–Crippen LogP) is 1.43. The van der Waals surface area contributed by atoms with Gasteiger partial charge in [-0.25, -0.2) is 0 Å². The molecule has 0 saturated heterocycles. The molecular weight excluding hydrogens is 238 g/mol. The van der Waals surface area contributed by atoms with Crippen molar-refractivity contribution in [3.8, 4) is 0 Å². The van der Waals surface area contributed by atoms with Crippen molar-refractivity contribution in [1.82, 2.24) is 5.32 Å². The standard InChI is InChI=1S/C9H12ClNO3S/c1-6(5-15(2)13)11-9(12)7-3-4-14-8(7)10/h3-4,6H,5H2,1-2H3,(H,11,12). The maximum absolute atomic E-state index is 11.6. The first-order valence-electron chi connectivity index (χ1n) is 4.34. The summed E-state index contributed by atoms with van der Waals surface area (Å²) >= 11 is 5.64. The van der Waals surface area contributed by atoms with Gasteiger partial charge in [0.25, 0.3) is 5.91 Å². The van der Waals surface area contributed by atoms with Gasteiger partial charge in [0.1, 0.15) is 0 Å². The summed E-state index contributed by atoms with van der Waals surface area (Å²) in [4.78, 5) is 11.6. The zero-order valence-electron chi connectivity index (χ0n) is 8.45. The molecule has 0 spiro atoms. The van der Waals surface area contributed by atoms with Crippen molar-refractivity contribution < 1.29 is 13.4 Å². The topological polar surface area (TPSA) is 59.3 Å². The normalized spacial score (nSPS) is 14.6. The summed E-state index contributed by atoms with van der Waals surface area (Å²) in [7, 11) is -0.935. The van der Waals surface area contributed by atoms with Gasteiger partial charge in [0.05, 0.1) is 11.8 Å². The Morgan fingerprint density at radius 3 is 2.87 bits per heavy atom. The van der Waals surface area contributed by atoms with E-state index in [4.69, 9.17) is 16.0 Å². The average molecular weight is 250 g/mol. The van der Waals surface area contributed by atoms with Crippen molar-refractivity contribution in [2.75, 3.05) is 12.0 Å². The van der Waals surface area contributed by atoms with E-state index in [0.717, 1.165) is 0 Å². The van der Waals surface area contributed by atoms with Crippen LogP contribution in [0.15, 0.2) is 16.7 Å². The summed E-state index contributed by atoms with van der Waals surface area (Å²) in [6.07, 6.45) is 2.94. The average Bonchev–Trinajstić information content (AvgIpc) is 2.49. The fourth-order valence-electron chi connectivity index (χ4n) is 1.15. The second kappa shape index (κ2) is 5.32. The van der Waals surface area contributed by atoms with Gasteiger partial charge in [0.15, 0.2) is 0 Å². The monoisotopic (exact) mass is 249 g/mol. The molecule has 0 bridgehead atoms. The zero-order chi connectivity index (χ0) is 11.4. The highest BCUT2D eigenvalue weighted by atomic mass is 35.5. The highest BCUT2D eigenvalue weighted by Gasteiger charge is 2.15. The van der Waals surface area contributed by atoms with E-state index in [1.165, 1.54) is 12.3 Å². The van der Waals surface area contributed by atoms with Crippen LogP contribution in [0, 0.1) is 0 Å².